The summed E-state index contributed by atoms with van der Waals surface area (Å²) in [5.41, 5.74) is 6.65. The van der Waals surface area contributed by atoms with Crippen molar-refractivity contribution in [3.05, 3.63) is 24.0 Å². The molecule has 1 heterocycles. The van der Waals surface area contributed by atoms with Gasteiger partial charge in [0.1, 0.15) is 11.5 Å². The Bertz CT molecular complexity index is 484. The Morgan fingerprint density at radius 3 is 2.60 bits per heavy atom. The second-order valence-corrected chi connectivity index (χ2v) is 5.06. The highest BCUT2D eigenvalue weighted by atomic mass is 35.5. The predicted molar refractivity (Wildman–Crippen MR) is 82.7 cm³/mol. The van der Waals surface area contributed by atoms with E-state index in [2.05, 4.69) is 21.7 Å². The number of nitrogens with zero attached hydrogens (tertiary/aromatic N) is 3. The van der Waals surface area contributed by atoms with Crippen molar-refractivity contribution in [2.24, 2.45) is 10.7 Å². The van der Waals surface area contributed by atoms with E-state index in [1.54, 1.807) is 6.07 Å². The molecule has 1 aromatic rings. The Hall–Kier alpha value is -1.33. The number of nitrogens with two attached hydrogens (primary N) is 1. The van der Waals surface area contributed by atoms with E-state index in [9.17, 15) is 4.39 Å². The topological polar surface area (TPSA) is 44.9 Å². The van der Waals surface area contributed by atoms with E-state index in [-0.39, 0.29) is 23.2 Å². The van der Waals surface area contributed by atoms with E-state index in [4.69, 9.17) is 17.3 Å². The van der Waals surface area contributed by atoms with Gasteiger partial charge in [0, 0.05) is 31.9 Å². The maximum absolute atomic E-state index is 14.0. The molecule has 6 heteroatoms. The van der Waals surface area contributed by atoms with Crippen LogP contribution in [0.5, 0.6) is 0 Å². The Kier molecular flexibility index (Phi) is 5.20. The normalized spacial score (nSPS) is 17.6. The zero-order valence-electron chi connectivity index (χ0n) is 11.6. The fourth-order valence-electron chi connectivity index (χ4n) is 2.29. The van der Waals surface area contributed by atoms with Crippen molar-refractivity contribution in [1.29, 1.82) is 0 Å². The van der Waals surface area contributed by atoms with Crippen LogP contribution in [0.15, 0.2) is 23.2 Å². The van der Waals surface area contributed by atoms with Crippen LogP contribution in [-0.2, 0) is 0 Å². The second kappa shape index (κ2) is 6.90. The molecule has 1 aliphatic heterocycles. The van der Waals surface area contributed by atoms with Crippen LogP contribution in [0.4, 0.5) is 15.8 Å². The zero-order valence-corrected chi connectivity index (χ0v) is 12.4. The smallest absolute Gasteiger partial charge is 0.150 e. The molecule has 0 atom stereocenters. The number of benzene rings is 1. The van der Waals surface area contributed by atoms with E-state index in [1.165, 1.54) is 6.07 Å². The van der Waals surface area contributed by atoms with Crippen molar-refractivity contribution >= 4 is 28.8 Å². The average molecular weight is 299 g/mol. The fourth-order valence-corrected chi connectivity index (χ4v) is 2.35. The van der Waals surface area contributed by atoms with Crippen molar-refractivity contribution in [3.8, 4) is 0 Å². The highest BCUT2D eigenvalue weighted by Gasteiger charge is 2.16. The van der Waals surface area contributed by atoms with E-state index >= 15 is 0 Å². The second-order valence-electron chi connectivity index (χ2n) is 4.79. The van der Waals surface area contributed by atoms with Gasteiger partial charge >= 0.3 is 0 Å². The lowest BCUT2D eigenvalue weighted by molar-refractivity contribution is 0.271. The van der Waals surface area contributed by atoms with Gasteiger partial charge < -0.3 is 15.5 Å². The number of likely N-dealkylation sites (N-methyl/N-ethyl adjacent to an activating group) is 1. The van der Waals surface area contributed by atoms with Gasteiger partial charge in [0.15, 0.2) is 5.82 Å². The largest absolute Gasteiger partial charge is 0.386 e. The molecule has 2 rings (SSSR count). The fraction of sp³-hybridized carbons (Fsp3) is 0.500. The van der Waals surface area contributed by atoms with E-state index in [1.807, 2.05) is 6.07 Å². The third-order valence-electron chi connectivity index (χ3n) is 3.52. The zero-order chi connectivity index (χ0) is 14.5. The van der Waals surface area contributed by atoms with Gasteiger partial charge in [-0.3, -0.25) is 0 Å². The van der Waals surface area contributed by atoms with Gasteiger partial charge in [0.2, 0.25) is 0 Å². The maximum Gasteiger partial charge on any atom is 0.150 e. The molecule has 1 fully saturated rings. The number of aliphatic imine (C=N–C) groups is 1. The minimum atomic E-state index is -0.367. The lowest BCUT2D eigenvalue weighted by Gasteiger charge is -2.35. The first-order chi connectivity index (χ1) is 9.63. The van der Waals surface area contributed by atoms with Crippen LogP contribution in [0.25, 0.3) is 0 Å². The third-order valence-corrected chi connectivity index (χ3v) is 3.79. The number of halogens is 2. The van der Waals surface area contributed by atoms with Crippen molar-refractivity contribution in [2.75, 3.05) is 43.5 Å². The number of hydrogen-bond donors (Lipinski definition) is 1. The van der Waals surface area contributed by atoms with Crippen LogP contribution in [0.1, 0.15) is 6.92 Å². The molecular formula is C14H20ClFN4. The molecule has 1 aliphatic rings. The number of rotatable bonds is 4. The predicted octanol–water partition coefficient (Wildman–Crippen LogP) is 2.20. The van der Waals surface area contributed by atoms with Crippen LogP contribution < -0.4 is 10.6 Å². The first-order valence-corrected chi connectivity index (χ1v) is 7.33. The van der Waals surface area contributed by atoms with E-state index in [0.29, 0.717) is 0 Å². The first-order valence-electron chi connectivity index (χ1n) is 6.80. The summed E-state index contributed by atoms with van der Waals surface area (Å²) in [6, 6.07) is 5.04. The Labute approximate surface area is 124 Å². The number of amidine groups is 1. The highest BCUT2D eigenvalue weighted by Crippen LogP contribution is 2.25. The summed E-state index contributed by atoms with van der Waals surface area (Å²) in [6.07, 6.45) is 0. The summed E-state index contributed by atoms with van der Waals surface area (Å²) in [7, 11) is 0. The van der Waals surface area contributed by atoms with Crippen molar-refractivity contribution in [3.63, 3.8) is 0 Å². The Morgan fingerprint density at radius 1 is 1.35 bits per heavy atom. The molecule has 110 valence electrons. The molecule has 4 nitrogen and oxygen atoms in total. The highest BCUT2D eigenvalue weighted by molar-refractivity contribution is 6.28. The SMILES string of the molecule is CCN1CCN(c2ccc(N=C(N)CCl)c(F)c2)CC1. The summed E-state index contributed by atoms with van der Waals surface area (Å²) in [4.78, 5) is 8.52. The molecule has 0 spiro atoms. The molecule has 1 aromatic carbocycles. The third kappa shape index (κ3) is 3.61. The van der Waals surface area contributed by atoms with Gasteiger partial charge in [-0.25, -0.2) is 9.38 Å². The maximum atomic E-state index is 14.0. The molecule has 0 radical (unpaired) electrons. The lowest BCUT2D eigenvalue weighted by atomic mass is 10.2. The minimum Gasteiger partial charge on any atom is -0.386 e. The van der Waals surface area contributed by atoms with Gasteiger partial charge in [-0.05, 0) is 24.7 Å². The van der Waals surface area contributed by atoms with Crippen molar-refractivity contribution < 1.29 is 4.39 Å². The van der Waals surface area contributed by atoms with Gasteiger partial charge in [0.05, 0.1) is 5.88 Å². The summed E-state index contributed by atoms with van der Waals surface area (Å²) in [6.45, 7) is 7.07. The molecular weight excluding hydrogens is 279 g/mol. The van der Waals surface area contributed by atoms with Crippen molar-refractivity contribution in [2.45, 2.75) is 6.92 Å². The quantitative estimate of drug-likeness (QED) is 0.526. The van der Waals surface area contributed by atoms with Crippen LogP contribution in [0, 0.1) is 5.82 Å². The van der Waals surface area contributed by atoms with Crippen LogP contribution in [0.2, 0.25) is 0 Å². The minimum absolute atomic E-state index is 0.0974. The molecule has 1 saturated heterocycles. The van der Waals surface area contributed by atoms with Crippen LogP contribution in [-0.4, -0.2) is 49.3 Å². The molecule has 0 unspecified atom stereocenters. The van der Waals surface area contributed by atoms with E-state index < -0.39 is 0 Å². The van der Waals surface area contributed by atoms with E-state index in [0.717, 1.165) is 38.4 Å². The first kappa shape index (κ1) is 15.1. The molecule has 0 aliphatic carbocycles. The summed E-state index contributed by atoms with van der Waals surface area (Å²) in [5, 5.41) is 0. The van der Waals surface area contributed by atoms with Crippen LogP contribution >= 0.6 is 11.6 Å². The molecule has 20 heavy (non-hydrogen) atoms. The number of anilines is 1. The average Bonchev–Trinajstić information content (AvgIpc) is 2.49. The van der Waals surface area contributed by atoms with Crippen molar-refractivity contribution in [1.82, 2.24) is 4.90 Å². The summed E-state index contributed by atoms with van der Waals surface area (Å²) < 4.78 is 14.0. The Morgan fingerprint density at radius 2 is 2.05 bits per heavy atom. The molecule has 0 saturated carbocycles. The monoisotopic (exact) mass is 298 g/mol. The van der Waals surface area contributed by atoms with Gasteiger partial charge in [-0.1, -0.05) is 6.92 Å². The molecule has 0 aromatic heterocycles. The summed E-state index contributed by atoms with van der Waals surface area (Å²) in [5.74, 6) is -0.0523. The van der Waals surface area contributed by atoms with Gasteiger partial charge in [0.25, 0.3) is 0 Å². The number of alkyl halides is 1. The number of piperazine rings is 1. The summed E-state index contributed by atoms with van der Waals surface area (Å²) >= 11 is 5.54. The number of hydrogen-bond acceptors (Lipinski definition) is 3. The molecule has 0 amide bonds. The van der Waals surface area contributed by atoms with Gasteiger partial charge in [-0.2, -0.15) is 0 Å². The van der Waals surface area contributed by atoms with Crippen LogP contribution in [0.3, 0.4) is 0 Å². The molecule has 2 N–H and O–H groups in total. The lowest BCUT2D eigenvalue weighted by Crippen LogP contribution is -2.46. The Balaban J connectivity index is 2.10. The molecule has 0 bridgehead atoms. The standard InChI is InChI=1S/C14H20ClFN4/c1-2-19-5-7-20(8-6-19)11-3-4-13(12(16)9-11)18-14(17)10-15/h3-4,9H,2,5-8,10H2,1H3,(H2,17,18). The van der Waals surface area contributed by atoms with Gasteiger partial charge in [-0.15, -0.1) is 11.6 Å².